The highest BCUT2D eigenvalue weighted by molar-refractivity contribution is 5.00. The van der Waals surface area contributed by atoms with E-state index < -0.39 is 0 Å². The van der Waals surface area contributed by atoms with Crippen molar-refractivity contribution in [3.05, 3.63) is 17.7 Å². The van der Waals surface area contributed by atoms with Gasteiger partial charge in [-0.05, 0) is 39.7 Å². The maximum absolute atomic E-state index is 4.40. The number of nitrogens with zero attached hydrogens (tertiary/aromatic N) is 2. The van der Waals surface area contributed by atoms with Gasteiger partial charge in [-0.25, -0.2) is 4.98 Å². The number of hydrogen-bond donors (Lipinski definition) is 1. The van der Waals surface area contributed by atoms with Gasteiger partial charge in [-0.15, -0.1) is 0 Å². The molecule has 78 valence electrons. The second kappa shape index (κ2) is 4.13. The van der Waals surface area contributed by atoms with E-state index in [4.69, 9.17) is 0 Å². The molecule has 1 aliphatic heterocycles. The van der Waals surface area contributed by atoms with Crippen LogP contribution in [0.15, 0.2) is 6.20 Å². The molecule has 0 bridgehead atoms. The van der Waals surface area contributed by atoms with E-state index in [0.717, 1.165) is 24.1 Å². The van der Waals surface area contributed by atoms with E-state index in [-0.39, 0.29) is 0 Å². The smallest absolute Gasteiger partial charge is 0.105 e. The molecule has 1 fully saturated rings. The van der Waals surface area contributed by atoms with Gasteiger partial charge in [-0.2, -0.15) is 0 Å². The molecular formula is C11H19N3. The first-order valence-electron chi connectivity index (χ1n) is 5.49. The van der Waals surface area contributed by atoms with E-state index in [1.807, 2.05) is 0 Å². The molecular weight excluding hydrogens is 174 g/mol. The molecule has 14 heavy (non-hydrogen) atoms. The van der Waals surface area contributed by atoms with Crippen molar-refractivity contribution >= 4 is 0 Å². The van der Waals surface area contributed by atoms with Gasteiger partial charge in [0.05, 0.1) is 5.69 Å². The fourth-order valence-electron chi connectivity index (χ4n) is 2.19. The van der Waals surface area contributed by atoms with Crippen LogP contribution in [0.2, 0.25) is 0 Å². The van der Waals surface area contributed by atoms with Gasteiger partial charge < -0.3 is 9.88 Å². The van der Waals surface area contributed by atoms with E-state index in [9.17, 15) is 0 Å². The molecule has 0 spiro atoms. The Kier molecular flexibility index (Phi) is 2.87. The molecule has 2 heterocycles. The predicted molar refractivity (Wildman–Crippen MR) is 57.3 cm³/mol. The van der Waals surface area contributed by atoms with Crippen LogP contribution in [0.3, 0.4) is 0 Å². The first-order valence-corrected chi connectivity index (χ1v) is 5.49. The number of nitrogens with one attached hydrogen (secondary N) is 1. The molecule has 0 radical (unpaired) electrons. The van der Waals surface area contributed by atoms with Crippen LogP contribution < -0.4 is 5.32 Å². The van der Waals surface area contributed by atoms with E-state index in [1.54, 1.807) is 0 Å². The molecule has 0 amide bonds. The maximum Gasteiger partial charge on any atom is 0.105 e. The van der Waals surface area contributed by atoms with Crippen LogP contribution in [0.1, 0.15) is 30.8 Å². The Hall–Kier alpha value is -0.830. The number of aromatic nitrogens is 2. The Labute approximate surface area is 85.5 Å². The Bertz CT molecular complexity index is 297. The molecule has 1 N–H and O–H groups in total. The average Bonchev–Trinajstić information content (AvgIpc) is 2.72. The number of rotatable bonds is 3. The van der Waals surface area contributed by atoms with Crippen LogP contribution in [-0.2, 0) is 6.54 Å². The van der Waals surface area contributed by atoms with Crippen molar-refractivity contribution < 1.29 is 0 Å². The zero-order valence-electron chi connectivity index (χ0n) is 9.08. The van der Waals surface area contributed by atoms with Gasteiger partial charge in [0.2, 0.25) is 0 Å². The average molecular weight is 193 g/mol. The molecule has 0 aromatic carbocycles. The summed E-state index contributed by atoms with van der Waals surface area (Å²) in [6, 6.07) is 0.733. The zero-order chi connectivity index (χ0) is 9.97. The molecule has 1 aliphatic rings. The summed E-state index contributed by atoms with van der Waals surface area (Å²) in [5.41, 5.74) is 1.13. The lowest BCUT2D eigenvalue weighted by Gasteiger charge is -2.10. The molecule has 3 nitrogen and oxygen atoms in total. The number of hydrogen-bond acceptors (Lipinski definition) is 2. The monoisotopic (exact) mass is 193 g/mol. The lowest BCUT2D eigenvalue weighted by Crippen LogP contribution is -2.22. The molecule has 1 aromatic heterocycles. The quantitative estimate of drug-likeness (QED) is 0.791. The molecule has 1 saturated heterocycles. The van der Waals surface area contributed by atoms with Gasteiger partial charge in [-0.1, -0.05) is 0 Å². The van der Waals surface area contributed by atoms with Gasteiger partial charge in [0.15, 0.2) is 0 Å². The molecule has 1 atom stereocenters. The van der Waals surface area contributed by atoms with Crippen LogP contribution in [0.4, 0.5) is 0 Å². The highest BCUT2D eigenvalue weighted by atomic mass is 15.1. The summed E-state index contributed by atoms with van der Waals surface area (Å²) in [6.07, 6.45) is 6.06. The first-order chi connectivity index (χ1) is 6.75. The Morgan fingerprint density at radius 2 is 2.43 bits per heavy atom. The minimum atomic E-state index is 0.733. The van der Waals surface area contributed by atoms with Gasteiger partial charge in [0.25, 0.3) is 0 Å². The van der Waals surface area contributed by atoms with Gasteiger partial charge in [0, 0.05) is 18.8 Å². The van der Waals surface area contributed by atoms with E-state index in [1.165, 1.54) is 25.8 Å². The highest BCUT2D eigenvalue weighted by Crippen LogP contribution is 2.11. The second-order valence-corrected chi connectivity index (χ2v) is 4.20. The van der Waals surface area contributed by atoms with E-state index in [2.05, 4.69) is 34.9 Å². The summed E-state index contributed by atoms with van der Waals surface area (Å²) in [5, 5.41) is 3.52. The van der Waals surface area contributed by atoms with Crippen molar-refractivity contribution in [3.63, 3.8) is 0 Å². The third-order valence-electron chi connectivity index (χ3n) is 2.98. The first kappa shape index (κ1) is 9.71. The fourth-order valence-corrected chi connectivity index (χ4v) is 2.19. The van der Waals surface area contributed by atoms with Crippen molar-refractivity contribution in [1.82, 2.24) is 14.9 Å². The Morgan fingerprint density at radius 1 is 1.57 bits per heavy atom. The van der Waals surface area contributed by atoms with Crippen LogP contribution >= 0.6 is 0 Å². The predicted octanol–water partition coefficient (Wildman–Crippen LogP) is 1.64. The third-order valence-corrected chi connectivity index (χ3v) is 2.98. The van der Waals surface area contributed by atoms with E-state index in [0.29, 0.717) is 0 Å². The zero-order valence-corrected chi connectivity index (χ0v) is 9.08. The Balaban J connectivity index is 1.87. The summed E-state index contributed by atoms with van der Waals surface area (Å²) in [7, 11) is 0. The molecule has 1 aromatic rings. The highest BCUT2D eigenvalue weighted by Gasteiger charge is 2.13. The molecule has 0 saturated carbocycles. The van der Waals surface area contributed by atoms with Gasteiger partial charge in [0.1, 0.15) is 5.82 Å². The molecule has 0 aliphatic carbocycles. The maximum atomic E-state index is 4.40. The van der Waals surface area contributed by atoms with Gasteiger partial charge in [-0.3, -0.25) is 0 Å². The topological polar surface area (TPSA) is 29.9 Å². The van der Waals surface area contributed by atoms with E-state index >= 15 is 0 Å². The normalized spacial score (nSPS) is 21.7. The summed E-state index contributed by atoms with van der Waals surface area (Å²) >= 11 is 0. The van der Waals surface area contributed by atoms with Crippen LogP contribution in [0.5, 0.6) is 0 Å². The minimum Gasteiger partial charge on any atom is -0.335 e. The van der Waals surface area contributed by atoms with Crippen LogP contribution in [0.25, 0.3) is 0 Å². The van der Waals surface area contributed by atoms with Crippen molar-refractivity contribution in [2.75, 3.05) is 6.54 Å². The lowest BCUT2D eigenvalue weighted by atomic mass is 10.1. The number of imidazole rings is 1. The Morgan fingerprint density at radius 3 is 3.00 bits per heavy atom. The van der Waals surface area contributed by atoms with Crippen molar-refractivity contribution in [2.45, 2.75) is 45.7 Å². The summed E-state index contributed by atoms with van der Waals surface area (Å²) in [6.45, 7) is 6.43. The standard InChI is InChI=1S/C11H19N3/c1-9-8-14(10(2)13-9)7-5-11-4-3-6-12-11/h8,11-12H,3-7H2,1-2H3. The van der Waals surface area contributed by atoms with Gasteiger partial charge >= 0.3 is 0 Å². The number of aryl methyl sites for hydroxylation is 3. The second-order valence-electron chi connectivity index (χ2n) is 4.20. The van der Waals surface area contributed by atoms with Crippen LogP contribution in [-0.4, -0.2) is 22.1 Å². The summed E-state index contributed by atoms with van der Waals surface area (Å²) in [5.74, 6) is 1.14. The summed E-state index contributed by atoms with van der Waals surface area (Å²) in [4.78, 5) is 4.40. The summed E-state index contributed by atoms with van der Waals surface area (Å²) < 4.78 is 2.26. The van der Waals surface area contributed by atoms with Crippen molar-refractivity contribution in [3.8, 4) is 0 Å². The molecule has 1 unspecified atom stereocenters. The lowest BCUT2D eigenvalue weighted by molar-refractivity contribution is 0.500. The SMILES string of the molecule is Cc1cn(CCC2CCCN2)c(C)n1. The molecule has 3 heteroatoms. The van der Waals surface area contributed by atoms with Crippen molar-refractivity contribution in [2.24, 2.45) is 0 Å². The van der Waals surface area contributed by atoms with Crippen LogP contribution in [0, 0.1) is 13.8 Å². The third kappa shape index (κ3) is 2.15. The largest absolute Gasteiger partial charge is 0.335 e. The minimum absolute atomic E-state index is 0.733. The van der Waals surface area contributed by atoms with Crippen molar-refractivity contribution in [1.29, 1.82) is 0 Å². The molecule has 2 rings (SSSR count). The fraction of sp³-hybridized carbons (Fsp3) is 0.727.